The second kappa shape index (κ2) is 5.93. The summed E-state index contributed by atoms with van der Waals surface area (Å²) in [7, 11) is 0. The van der Waals surface area contributed by atoms with Crippen molar-refractivity contribution < 1.29 is 18.7 Å². The Morgan fingerprint density at radius 2 is 2.05 bits per heavy atom. The van der Waals surface area contributed by atoms with Crippen molar-refractivity contribution in [3.05, 3.63) is 59.5 Å². The van der Waals surface area contributed by atoms with Crippen molar-refractivity contribution in [3.8, 4) is 0 Å². The second-order valence-electron chi connectivity index (χ2n) is 4.82. The molecule has 0 radical (unpaired) electrons. The predicted molar refractivity (Wildman–Crippen MR) is 74.9 cm³/mol. The molecule has 1 N–H and O–H groups in total. The van der Waals surface area contributed by atoms with E-state index in [0.717, 1.165) is 17.5 Å². The number of benzene rings is 1. The van der Waals surface area contributed by atoms with Crippen LogP contribution in [0.4, 0.5) is 0 Å². The van der Waals surface area contributed by atoms with Gasteiger partial charge in [-0.15, -0.1) is 0 Å². The summed E-state index contributed by atoms with van der Waals surface area (Å²) >= 11 is 0. The summed E-state index contributed by atoms with van der Waals surface area (Å²) in [5.74, 6) is -0.334. The van der Waals surface area contributed by atoms with Gasteiger partial charge in [-0.1, -0.05) is 24.3 Å². The fourth-order valence-corrected chi connectivity index (χ4v) is 2.40. The van der Waals surface area contributed by atoms with E-state index in [0.29, 0.717) is 6.61 Å². The molecule has 1 atom stereocenters. The predicted octanol–water partition coefficient (Wildman–Crippen LogP) is 1.89. The molecular weight excluding hydrogens is 270 g/mol. The monoisotopic (exact) mass is 285 g/mol. The number of Topliss-reactive ketones (excluding diaryl/α,β-unsaturated/α-hetero) is 1. The topological polar surface area (TPSA) is 68.5 Å². The van der Waals surface area contributed by atoms with Gasteiger partial charge in [0.25, 0.3) is 5.91 Å². The molecule has 0 spiro atoms. The van der Waals surface area contributed by atoms with Gasteiger partial charge in [0.2, 0.25) is 5.78 Å². The number of hydrogen-bond acceptors (Lipinski definition) is 4. The first-order valence-electron chi connectivity index (χ1n) is 6.79. The molecule has 0 bridgehead atoms. The first-order valence-corrected chi connectivity index (χ1v) is 6.79. The Hall–Kier alpha value is -2.40. The quantitative estimate of drug-likeness (QED) is 0.871. The second-order valence-corrected chi connectivity index (χ2v) is 4.82. The summed E-state index contributed by atoms with van der Waals surface area (Å²) in [5.41, 5.74) is 1.98. The zero-order valence-electron chi connectivity index (χ0n) is 11.4. The molecule has 0 fully saturated rings. The summed E-state index contributed by atoms with van der Waals surface area (Å²) in [6, 6.07) is 10.9. The molecule has 0 saturated heterocycles. The zero-order chi connectivity index (χ0) is 14.7. The van der Waals surface area contributed by atoms with Gasteiger partial charge in [-0.2, -0.15) is 0 Å². The fraction of sp³-hybridized carbons (Fsp3) is 0.250. The van der Waals surface area contributed by atoms with E-state index in [9.17, 15) is 9.59 Å². The molecule has 1 aromatic heterocycles. The molecule has 0 aliphatic carbocycles. The minimum Gasteiger partial charge on any atom is -0.461 e. The number of ketones is 1. The Morgan fingerprint density at radius 3 is 2.86 bits per heavy atom. The largest absolute Gasteiger partial charge is 0.461 e. The van der Waals surface area contributed by atoms with Gasteiger partial charge in [0, 0.05) is 0 Å². The van der Waals surface area contributed by atoms with Crippen LogP contribution in [0, 0.1) is 0 Å². The van der Waals surface area contributed by atoms with Crippen molar-refractivity contribution in [2.75, 3.05) is 13.2 Å². The van der Waals surface area contributed by atoms with E-state index in [2.05, 4.69) is 5.32 Å². The van der Waals surface area contributed by atoms with Gasteiger partial charge in [-0.05, 0) is 29.7 Å². The van der Waals surface area contributed by atoms with Crippen LogP contribution in [0.3, 0.4) is 0 Å². The molecular formula is C16H15NO4. The summed E-state index contributed by atoms with van der Waals surface area (Å²) in [6.45, 7) is 0.398. The molecule has 0 saturated carbocycles. The van der Waals surface area contributed by atoms with Crippen molar-refractivity contribution in [3.63, 3.8) is 0 Å². The highest BCUT2D eigenvalue weighted by Crippen LogP contribution is 2.26. The molecule has 108 valence electrons. The maximum absolute atomic E-state index is 12.2. The van der Waals surface area contributed by atoms with E-state index >= 15 is 0 Å². The minimum absolute atomic E-state index is 0.103. The molecule has 21 heavy (non-hydrogen) atoms. The van der Waals surface area contributed by atoms with Gasteiger partial charge in [-0.25, -0.2) is 0 Å². The third kappa shape index (κ3) is 2.87. The van der Waals surface area contributed by atoms with Crippen LogP contribution in [0.5, 0.6) is 0 Å². The first-order chi connectivity index (χ1) is 10.3. The van der Waals surface area contributed by atoms with Crippen LogP contribution in [-0.2, 0) is 16.0 Å². The van der Waals surface area contributed by atoms with Crippen LogP contribution in [0.15, 0.2) is 47.1 Å². The fourth-order valence-electron chi connectivity index (χ4n) is 2.40. The molecule has 1 aliphatic heterocycles. The Kier molecular flexibility index (Phi) is 3.83. The number of amides is 1. The Bertz CT molecular complexity index is 648. The number of nitrogens with one attached hydrogen (secondary N) is 1. The molecule has 3 rings (SSSR count). The van der Waals surface area contributed by atoms with Crippen LogP contribution in [0.1, 0.15) is 27.8 Å². The molecule has 0 unspecified atom stereocenters. The van der Waals surface area contributed by atoms with E-state index < -0.39 is 6.10 Å². The summed E-state index contributed by atoms with van der Waals surface area (Å²) < 4.78 is 10.5. The lowest BCUT2D eigenvalue weighted by molar-refractivity contribution is -0.133. The highest BCUT2D eigenvalue weighted by atomic mass is 16.5. The van der Waals surface area contributed by atoms with E-state index in [1.807, 2.05) is 24.3 Å². The van der Waals surface area contributed by atoms with Crippen molar-refractivity contribution in [2.45, 2.75) is 12.5 Å². The molecule has 1 aromatic carbocycles. The number of carbonyl (C=O) groups is 2. The zero-order valence-corrected chi connectivity index (χ0v) is 11.4. The van der Waals surface area contributed by atoms with E-state index in [1.54, 1.807) is 12.1 Å². The van der Waals surface area contributed by atoms with Crippen LogP contribution in [-0.4, -0.2) is 24.8 Å². The standard InChI is InChI=1S/C16H15NO4/c18-13(14-6-3-8-20-14)10-17-16(19)15-12-5-2-1-4-11(12)7-9-21-15/h1-6,8,15H,7,9-10H2,(H,17,19)/t15-/m0/s1. The Morgan fingerprint density at radius 1 is 1.19 bits per heavy atom. The average molecular weight is 285 g/mol. The van der Waals surface area contributed by atoms with E-state index in [4.69, 9.17) is 9.15 Å². The highest BCUT2D eigenvalue weighted by Gasteiger charge is 2.27. The normalized spacial score (nSPS) is 17.0. The van der Waals surface area contributed by atoms with Gasteiger partial charge in [0.05, 0.1) is 19.4 Å². The molecule has 5 heteroatoms. The number of hydrogen-bond donors (Lipinski definition) is 1. The van der Waals surface area contributed by atoms with Crippen LogP contribution >= 0.6 is 0 Å². The molecule has 1 aliphatic rings. The minimum atomic E-state index is -0.653. The van der Waals surface area contributed by atoms with Crippen LogP contribution in [0.2, 0.25) is 0 Å². The van der Waals surface area contributed by atoms with Gasteiger partial charge >= 0.3 is 0 Å². The average Bonchev–Trinajstić information content (AvgIpc) is 3.06. The van der Waals surface area contributed by atoms with E-state index in [1.165, 1.54) is 6.26 Å². The van der Waals surface area contributed by atoms with Crippen LogP contribution in [0.25, 0.3) is 0 Å². The lowest BCUT2D eigenvalue weighted by Crippen LogP contribution is -2.36. The maximum atomic E-state index is 12.2. The number of fused-ring (bicyclic) bond motifs is 1. The third-order valence-electron chi connectivity index (χ3n) is 3.45. The first kappa shape index (κ1) is 13.6. The lowest BCUT2D eigenvalue weighted by atomic mass is 9.97. The van der Waals surface area contributed by atoms with Gasteiger partial charge in [0.1, 0.15) is 0 Å². The maximum Gasteiger partial charge on any atom is 0.254 e. The molecule has 2 heterocycles. The Labute approximate surface area is 121 Å². The van der Waals surface area contributed by atoms with Crippen molar-refractivity contribution in [1.29, 1.82) is 0 Å². The number of rotatable bonds is 4. The van der Waals surface area contributed by atoms with Crippen molar-refractivity contribution in [1.82, 2.24) is 5.32 Å². The Balaban J connectivity index is 1.65. The van der Waals surface area contributed by atoms with Crippen molar-refractivity contribution >= 4 is 11.7 Å². The van der Waals surface area contributed by atoms with Crippen molar-refractivity contribution in [2.24, 2.45) is 0 Å². The van der Waals surface area contributed by atoms with Gasteiger partial charge in [-0.3, -0.25) is 9.59 Å². The highest BCUT2D eigenvalue weighted by molar-refractivity contribution is 5.97. The van der Waals surface area contributed by atoms with E-state index in [-0.39, 0.29) is 24.0 Å². The summed E-state index contributed by atoms with van der Waals surface area (Å²) in [6.07, 6.45) is 1.57. The number of carbonyl (C=O) groups excluding carboxylic acids is 2. The van der Waals surface area contributed by atoms with Crippen LogP contribution < -0.4 is 5.32 Å². The SMILES string of the molecule is O=C(CNC(=O)[C@H]1OCCc2ccccc21)c1ccco1. The number of furan rings is 1. The summed E-state index contributed by atoms with van der Waals surface area (Å²) in [4.78, 5) is 24.0. The smallest absolute Gasteiger partial charge is 0.254 e. The third-order valence-corrected chi connectivity index (χ3v) is 3.45. The van der Waals surface area contributed by atoms with Gasteiger partial charge in [0.15, 0.2) is 11.9 Å². The van der Waals surface area contributed by atoms with Gasteiger partial charge < -0.3 is 14.5 Å². The molecule has 5 nitrogen and oxygen atoms in total. The molecule has 2 aromatic rings. The number of ether oxygens (including phenoxy) is 1. The summed E-state index contributed by atoms with van der Waals surface area (Å²) in [5, 5.41) is 2.61. The lowest BCUT2D eigenvalue weighted by Gasteiger charge is -2.24. The molecule has 1 amide bonds.